The van der Waals surface area contributed by atoms with E-state index in [1.165, 1.54) is 0 Å². The lowest BCUT2D eigenvalue weighted by molar-refractivity contribution is 0.0240. The van der Waals surface area contributed by atoms with Gasteiger partial charge in [0.05, 0.1) is 12.7 Å². The first-order chi connectivity index (χ1) is 7.36. The van der Waals surface area contributed by atoms with E-state index in [1.807, 2.05) is 30.3 Å². The minimum atomic E-state index is 0.0338. The fourth-order valence-corrected chi connectivity index (χ4v) is 1.70. The van der Waals surface area contributed by atoms with Crippen LogP contribution < -0.4 is 5.32 Å². The lowest BCUT2D eigenvalue weighted by atomic mass is 10.0. The normalized spacial score (nSPS) is 21.2. The van der Waals surface area contributed by atoms with Crippen molar-refractivity contribution in [2.45, 2.75) is 12.5 Å². The van der Waals surface area contributed by atoms with Crippen LogP contribution in [0.3, 0.4) is 0 Å². The monoisotopic (exact) mass is 205 g/mol. The van der Waals surface area contributed by atoms with Crippen LogP contribution >= 0.6 is 0 Å². The van der Waals surface area contributed by atoms with E-state index in [2.05, 4.69) is 5.32 Å². The first-order valence-electron chi connectivity index (χ1n) is 5.27. The highest BCUT2D eigenvalue weighted by Gasteiger charge is 2.17. The zero-order valence-corrected chi connectivity index (χ0v) is 8.61. The predicted molar refractivity (Wildman–Crippen MR) is 58.0 cm³/mol. The van der Waals surface area contributed by atoms with Gasteiger partial charge in [0.25, 0.3) is 0 Å². The van der Waals surface area contributed by atoms with Gasteiger partial charge in [-0.3, -0.25) is 4.79 Å². The third-order valence-electron chi connectivity index (χ3n) is 2.51. The molecular formula is C12H15NO2. The molecule has 3 nitrogen and oxygen atoms in total. The predicted octanol–water partition coefficient (Wildman–Crippen LogP) is 1.25. The first kappa shape index (κ1) is 10.3. The minimum absolute atomic E-state index is 0.0338. The molecule has 80 valence electrons. The molecule has 1 aromatic rings. The van der Waals surface area contributed by atoms with Crippen molar-refractivity contribution in [1.29, 1.82) is 0 Å². The van der Waals surface area contributed by atoms with Crippen molar-refractivity contribution in [3.63, 3.8) is 0 Å². The Morgan fingerprint density at radius 2 is 2.20 bits per heavy atom. The van der Waals surface area contributed by atoms with Gasteiger partial charge >= 0.3 is 0 Å². The van der Waals surface area contributed by atoms with Gasteiger partial charge in [0.2, 0.25) is 0 Å². The van der Waals surface area contributed by atoms with Crippen molar-refractivity contribution in [1.82, 2.24) is 5.32 Å². The highest BCUT2D eigenvalue weighted by molar-refractivity contribution is 5.96. The summed E-state index contributed by atoms with van der Waals surface area (Å²) in [6.45, 7) is 2.36. The average molecular weight is 205 g/mol. The summed E-state index contributed by atoms with van der Waals surface area (Å²) in [6.07, 6.45) is 0.503. The summed E-state index contributed by atoms with van der Waals surface area (Å²) in [4.78, 5) is 11.8. The number of carbonyl (C=O) groups excluding carboxylic acids is 1. The SMILES string of the molecule is O=C(CC1CNCCO1)c1ccccc1. The zero-order valence-electron chi connectivity index (χ0n) is 8.61. The fourth-order valence-electron chi connectivity index (χ4n) is 1.70. The van der Waals surface area contributed by atoms with Crippen LogP contribution in [0, 0.1) is 0 Å². The number of rotatable bonds is 3. The molecule has 1 fully saturated rings. The molecule has 0 saturated carbocycles. The van der Waals surface area contributed by atoms with Crippen LogP contribution in [0.25, 0.3) is 0 Å². The van der Waals surface area contributed by atoms with Crippen LogP contribution in [0.15, 0.2) is 30.3 Å². The molecular weight excluding hydrogens is 190 g/mol. The van der Waals surface area contributed by atoms with E-state index in [4.69, 9.17) is 4.74 Å². The van der Waals surface area contributed by atoms with Crippen molar-refractivity contribution >= 4 is 5.78 Å². The maximum atomic E-state index is 11.8. The Bertz CT molecular complexity index is 318. The van der Waals surface area contributed by atoms with Crippen LogP contribution in [0.5, 0.6) is 0 Å². The number of hydrogen-bond donors (Lipinski definition) is 1. The molecule has 2 rings (SSSR count). The summed E-state index contributed by atoms with van der Waals surface area (Å²) in [6, 6.07) is 9.37. The number of Topliss-reactive ketones (excluding diaryl/α,β-unsaturated/α-hetero) is 1. The second kappa shape index (κ2) is 5.05. The molecule has 0 aliphatic carbocycles. The Kier molecular flexibility index (Phi) is 3.48. The van der Waals surface area contributed by atoms with E-state index in [1.54, 1.807) is 0 Å². The Morgan fingerprint density at radius 3 is 2.87 bits per heavy atom. The molecule has 1 unspecified atom stereocenters. The molecule has 0 bridgehead atoms. The molecule has 1 saturated heterocycles. The smallest absolute Gasteiger partial charge is 0.165 e. The van der Waals surface area contributed by atoms with Gasteiger partial charge in [-0.15, -0.1) is 0 Å². The summed E-state index contributed by atoms with van der Waals surface area (Å²) in [7, 11) is 0. The summed E-state index contributed by atoms with van der Waals surface area (Å²) >= 11 is 0. The quantitative estimate of drug-likeness (QED) is 0.755. The maximum Gasteiger partial charge on any atom is 0.165 e. The van der Waals surface area contributed by atoms with Gasteiger partial charge in [-0.05, 0) is 0 Å². The zero-order chi connectivity index (χ0) is 10.5. The number of nitrogens with one attached hydrogen (secondary N) is 1. The molecule has 3 heteroatoms. The Labute approximate surface area is 89.4 Å². The third-order valence-corrected chi connectivity index (χ3v) is 2.51. The Hall–Kier alpha value is -1.19. The van der Waals surface area contributed by atoms with Gasteiger partial charge in [-0.25, -0.2) is 0 Å². The topological polar surface area (TPSA) is 38.3 Å². The molecule has 0 aromatic heterocycles. The molecule has 0 amide bonds. The highest BCUT2D eigenvalue weighted by atomic mass is 16.5. The molecule has 1 N–H and O–H groups in total. The van der Waals surface area contributed by atoms with Crippen molar-refractivity contribution < 1.29 is 9.53 Å². The Balaban J connectivity index is 1.91. The van der Waals surface area contributed by atoms with E-state index in [9.17, 15) is 4.79 Å². The second-order valence-corrected chi connectivity index (χ2v) is 3.69. The number of carbonyl (C=O) groups is 1. The molecule has 0 spiro atoms. The molecule has 1 heterocycles. The summed E-state index contributed by atoms with van der Waals surface area (Å²) in [5, 5.41) is 3.21. The van der Waals surface area contributed by atoms with Crippen LogP contribution in [0.4, 0.5) is 0 Å². The van der Waals surface area contributed by atoms with E-state index in [-0.39, 0.29) is 11.9 Å². The van der Waals surface area contributed by atoms with Gasteiger partial charge in [0.1, 0.15) is 0 Å². The minimum Gasteiger partial charge on any atom is -0.375 e. The standard InChI is InChI=1S/C12H15NO2/c14-12(10-4-2-1-3-5-10)8-11-9-13-6-7-15-11/h1-5,11,13H,6-9H2. The summed E-state index contributed by atoms with van der Waals surface area (Å²) < 4.78 is 5.49. The van der Waals surface area contributed by atoms with Gasteiger partial charge in [-0.2, -0.15) is 0 Å². The molecule has 0 radical (unpaired) electrons. The van der Waals surface area contributed by atoms with Gasteiger partial charge in [0.15, 0.2) is 5.78 Å². The largest absolute Gasteiger partial charge is 0.375 e. The molecule has 15 heavy (non-hydrogen) atoms. The van der Waals surface area contributed by atoms with Crippen LogP contribution in [-0.4, -0.2) is 31.6 Å². The van der Waals surface area contributed by atoms with Crippen molar-refractivity contribution in [3.05, 3.63) is 35.9 Å². The Morgan fingerprint density at radius 1 is 1.40 bits per heavy atom. The molecule has 1 aromatic carbocycles. The van der Waals surface area contributed by atoms with Crippen LogP contribution in [-0.2, 0) is 4.74 Å². The number of benzene rings is 1. The highest BCUT2D eigenvalue weighted by Crippen LogP contribution is 2.08. The average Bonchev–Trinajstić information content (AvgIpc) is 2.31. The van der Waals surface area contributed by atoms with Crippen molar-refractivity contribution in [2.75, 3.05) is 19.7 Å². The fraction of sp³-hybridized carbons (Fsp3) is 0.417. The van der Waals surface area contributed by atoms with E-state index in [0.717, 1.165) is 18.7 Å². The molecule has 1 aliphatic heterocycles. The lowest BCUT2D eigenvalue weighted by Gasteiger charge is -2.22. The number of ketones is 1. The number of ether oxygens (including phenoxy) is 1. The van der Waals surface area contributed by atoms with Crippen LogP contribution in [0.1, 0.15) is 16.8 Å². The molecule has 1 atom stereocenters. The lowest BCUT2D eigenvalue weighted by Crippen LogP contribution is -2.39. The van der Waals surface area contributed by atoms with Crippen molar-refractivity contribution in [3.8, 4) is 0 Å². The summed E-state index contributed by atoms with van der Waals surface area (Å²) in [5.74, 6) is 0.157. The third kappa shape index (κ3) is 2.88. The second-order valence-electron chi connectivity index (χ2n) is 3.69. The number of morpholine rings is 1. The van der Waals surface area contributed by atoms with Gasteiger partial charge in [-0.1, -0.05) is 30.3 Å². The van der Waals surface area contributed by atoms with E-state index >= 15 is 0 Å². The summed E-state index contributed by atoms with van der Waals surface area (Å²) in [5.41, 5.74) is 0.770. The van der Waals surface area contributed by atoms with Gasteiger partial charge in [0, 0.05) is 25.1 Å². The maximum absolute atomic E-state index is 11.8. The van der Waals surface area contributed by atoms with E-state index in [0.29, 0.717) is 13.0 Å². The van der Waals surface area contributed by atoms with E-state index < -0.39 is 0 Å². The first-order valence-corrected chi connectivity index (χ1v) is 5.27. The van der Waals surface area contributed by atoms with Crippen molar-refractivity contribution in [2.24, 2.45) is 0 Å². The number of hydrogen-bond acceptors (Lipinski definition) is 3. The van der Waals surface area contributed by atoms with Crippen LogP contribution in [0.2, 0.25) is 0 Å². The molecule has 1 aliphatic rings. The van der Waals surface area contributed by atoms with Gasteiger partial charge < -0.3 is 10.1 Å².